The van der Waals surface area contributed by atoms with Crippen LogP contribution in [-0.2, 0) is 9.59 Å². The van der Waals surface area contributed by atoms with Crippen LogP contribution in [0.5, 0.6) is 0 Å². The van der Waals surface area contributed by atoms with Gasteiger partial charge >= 0.3 is 12.0 Å². The summed E-state index contributed by atoms with van der Waals surface area (Å²) < 4.78 is 0. The van der Waals surface area contributed by atoms with Crippen molar-refractivity contribution in [1.82, 2.24) is 15.2 Å². The first-order chi connectivity index (χ1) is 17.9. The Morgan fingerprint density at radius 1 is 1.03 bits per heavy atom. The normalized spacial score (nSPS) is 13.1. The third-order valence-electron chi connectivity index (χ3n) is 6.18. The molecule has 0 spiro atoms. The summed E-state index contributed by atoms with van der Waals surface area (Å²) >= 11 is 0. The molecule has 4 rings (SSSR count). The number of nitrogens with zero attached hydrogens (tertiary/aromatic N) is 2. The number of amides is 3. The minimum Gasteiger partial charge on any atom is -0.481 e. The third-order valence-corrected chi connectivity index (χ3v) is 6.18. The van der Waals surface area contributed by atoms with Gasteiger partial charge in [0.1, 0.15) is 0 Å². The molecule has 0 unspecified atom stereocenters. The highest BCUT2D eigenvalue weighted by Gasteiger charge is 2.28. The maximum Gasteiger partial charge on any atom is 0.319 e. The molecular weight excluding hydrogens is 474 g/mol. The number of benzene rings is 2. The number of rotatable bonds is 7. The molecule has 1 aromatic heterocycles. The zero-order valence-electron chi connectivity index (χ0n) is 19.9. The highest BCUT2D eigenvalue weighted by molar-refractivity contribution is 6.45. The van der Waals surface area contributed by atoms with Gasteiger partial charge in [-0.2, -0.15) is 0 Å². The van der Waals surface area contributed by atoms with Crippen molar-refractivity contribution in [3.05, 3.63) is 82.8 Å². The van der Waals surface area contributed by atoms with E-state index < -0.39 is 23.7 Å². The molecule has 0 atom stereocenters. The highest BCUT2D eigenvalue weighted by Crippen LogP contribution is 2.29. The zero-order chi connectivity index (χ0) is 26.4. The average Bonchev–Trinajstić information content (AvgIpc) is 3.34. The largest absolute Gasteiger partial charge is 0.481 e. The molecule has 188 valence electrons. The minimum atomic E-state index is -1.02. The van der Waals surface area contributed by atoms with Crippen molar-refractivity contribution in [3.8, 4) is 0 Å². The number of piperidine rings is 1. The third kappa shape index (κ3) is 5.67. The summed E-state index contributed by atoms with van der Waals surface area (Å²) in [5, 5.41) is 14.3. The molecule has 1 aliphatic rings. The van der Waals surface area contributed by atoms with Crippen molar-refractivity contribution in [2.75, 3.05) is 25.0 Å². The molecular formula is C27H25N5O5. The number of carboxylic acid groups (broad SMARTS) is 1. The van der Waals surface area contributed by atoms with Crippen LogP contribution in [0.25, 0.3) is 21.4 Å². The van der Waals surface area contributed by atoms with Crippen LogP contribution < -0.4 is 10.6 Å². The molecule has 2 heterocycles. The number of H-pyrrole nitrogens is 1. The first kappa shape index (κ1) is 25.2. The van der Waals surface area contributed by atoms with Gasteiger partial charge < -0.3 is 25.6 Å². The average molecular weight is 500 g/mol. The monoisotopic (exact) mass is 499 g/mol. The van der Waals surface area contributed by atoms with Crippen molar-refractivity contribution in [2.24, 2.45) is 0 Å². The van der Waals surface area contributed by atoms with Gasteiger partial charge in [0.15, 0.2) is 5.70 Å². The molecule has 37 heavy (non-hydrogen) atoms. The fourth-order valence-electron chi connectivity index (χ4n) is 4.31. The Morgan fingerprint density at radius 2 is 1.76 bits per heavy atom. The van der Waals surface area contributed by atoms with Gasteiger partial charge in [0.25, 0.3) is 11.7 Å². The first-order valence-electron chi connectivity index (χ1n) is 11.7. The second-order valence-corrected chi connectivity index (χ2v) is 8.51. The molecule has 4 N–H and O–H groups in total. The van der Waals surface area contributed by atoms with Crippen molar-refractivity contribution in [1.29, 1.82) is 0 Å². The van der Waals surface area contributed by atoms with Crippen molar-refractivity contribution >= 4 is 46.0 Å². The van der Waals surface area contributed by atoms with Gasteiger partial charge in [0.05, 0.1) is 29.8 Å². The smallest absolute Gasteiger partial charge is 0.319 e. The van der Waals surface area contributed by atoms with E-state index in [9.17, 15) is 19.2 Å². The van der Waals surface area contributed by atoms with Crippen LogP contribution in [-0.4, -0.2) is 58.3 Å². The van der Waals surface area contributed by atoms with E-state index in [1.807, 2.05) is 30.3 Å². The number of nitrogens with one attached hydrogen (secondary N) is 3. The number of carboxylic acids is 1. The highest BCUT2D eigenvalue weighted by atomic mass is 16.4. The van der Waals surface area contributed by atoms with E-state index in [0.29, 0.717) is 48.2 Å². The molecule has 0 saturated carbocycles. The summed E-state index contributed by atoms with van der Waals surface area (Å²) in [7, 11) is 0. The van der Waals surface area contributed by atoms with Gasteiger partial charge in [0, 0.05) is 31.2 Å². The summed E-state index contributed by atoms with van der Waals surface area (Å²) in [5.74, 6) is -2.30. The van der Waals surface area contributed by atoms with Crippen molar-refractivity contribution in [2.45, 2.75) is 19.3 Å². The number of hydrogen-bond acceptors (Lipinski definition) is 4. The maximum atomic E-state index is 13.1. The number of carbonyl (C=O) groups excluding carboxylic acids is 3. The number of fused-ring (bicyclic) bond motifs is 1. The number of likely N-dealkylation sites (tertiary alicyclic amines) is 1. The number of para-hydroxylation sites is 1. The standard InChI is InChI=1S/C27H25N5O5/c1-28-23(17-6-3-2-4-7-17)18-11-14-32(15-12-18)26(36)25(35)20-16-30-24-19(20)8-5-9-21(24)31-27(37)29-13-10-22(33)34/h2-9,16,30H,10-15H2,(H,33,34)(H2,29,31,37). The Morgan fingerprint density at radius 3 is 2.43 bits per heavy atom. The number of aromatic amines is 1. The Bertz CT molecular complexity index is 1420. The molecule has 1 aliphatic heterocycles. The van der Waals surface area contributed by atoms with E-state index >= 15 is 0 Å². The Labute approximate surface area is 212 Å². The Hall–Kier alpha value is -4.91. The molecule has 1 saturated heterocycles. The molecule has 10 heteroatoms. The lowest BCUT2D eigenvalue weighted by atomic mass is 9.97. The summed E-state index contributed by atoms with van der Waals surface area (Å²) in [6.07, 6.45) is 2.27. The molecule has 3 amide bonds. The predicted octanol–water partition coefficient (Wildman–Crippen LogP) is 3.90. The minimum absolute atomic E-state index is 0.0322. The molecule has 2 aromatic carbocycles. The number of Topliss-reactive ketones (excluding diaryl/α,β-unsaturated/α-hetero) is 1. The number of aromatic nitrogens is 1. The molecule has 0 aliphatic carbocycles. The van der Waals surface area contributed by atoms with E-state index in [1.54, 1.807) is 18.2 Å². The molecule has 10 nitrogen and oxygen atoms in total. The van der Waals surface area contributed by atoms with Crippen LogP contribution in [0.3, 0.4) is 0 Å². The van der Waals surface area contributed by atoms with Crippen LogP contribution in [0.15, 0.2) is 60.3 Å². The quantitative estimate of drug-likeness (QED) is 0.222. The van der Waals surface area contributed by atoms with E-state index in [2.05, 4.69) is 20.5 Å². The lowest BCUT2D eigenvalue weighted by molar-refractivity contribution is -0.136. The van der Waals surface area contributed by atoms with E-state index in [-0.39, 0.29) is 18.5 Å². The lowest BCUT2D eigenvalue weighted by Gasteiger charge is -2.28. The predicted molar refractivity (Wildman–Crippen MR) is 138 cm³/mol. The lowest BCUT2D eigenvalue weighted by Crippen LogP contribution is -2.40. The first-order valence-corrected chi connectivity index (χ1v) is 11.7. The number of ketones is 1. The van der Waals surface area contributed by atoms with Crippen LogP contribution in [0, 0.1) is 6.57 Å². The number of urea groups is 1. The number of aliphatic carboxylic acids is 1. The van der Waals surface area contributed by atoms with Crippen LogP contribution in [0.2, 0.25) is 0 Å². The number of hydrogen-bond donors (Lipinski definition) is 4. The molecule has 3 aromatic rings. The second-order valence-electron chi connectivity index (χ2n) is 8.51. The van der Waals surface area contributed by atoms with Crippen LogP contribution >= 0.6 is 0 Å². The molecule has 0 radical (unpaired) electrons. The van der Waals surface area contributed by atoms with E-state index in [4.69, 9.17) is 11.7 Å². The fourth-order valence-corrected chi connectivity index (χ4v) is 4.31. The fraction of sp³-hybridized carbons (Fsp3) is 0.222. The topological polar surface area (TPSA) is 136 Å². The van der Waals surface area contributed by atoms with Crippen molar-refractivity contribution in [3.63, 3.8) is 0 Å². The summed E-state index contributed by atoms with van der Waals surface area (Å²) in [6, 6.07) is 13.8. The summed E-state index contributed by atoms with van der Waals surface area (Å²) in [4.78, 5) is 57.1. The maximum absolute atomic E-state index is 13.1. The number of anilines is 1. The van der Waals surface area contributed by atoms with Gasteiger partial charge in [-0.1, -0.05) is 48.0 Å². The van der Waals surface area contributed by atoms with Gasteiger partial charge in [-0.3, -0.25) is 14.4 Å². The zero-order valence-corrected chi connectivity index (χ0v) is 19.9. The molecule has 0 bridgehead atoms. The summed E-state index contributed by atoms with van der Waals surface area (Å²) in [6.45, 7) is 8.25. The SMILES string of the molecule is [C-]#[N+]C(=C1CCN(C(=O)C(=O)c2c[nH]c3c(NC(=O)NCCC(=O)O)cccc23)CC1)c1ccccc1. The van der Waals surface area contributed by atoms with Gasteiger partial charge in [-0.25, -0.2) is 9.64 Å². The Kier molecular flexibility index (Phi) is 7.64. The van der Waals surface area contributed by atoms with Gasteiger partial charge in [-0.05, 0) is 24.5 Å². The van der Waals surface area contributed by atoms with Crippen LogP contribution in [0.1, 0.15) is 35.2 Å². The summed E-state index contributed by atoms with van der Waals surface area (Å²) in [5.41, 5.74) is 3.48. The van der Waals surface area contributed by atoms with Crippen molar-refractivity contribution < 1.29 is 24.3 Å². The number of carbonyl (C=O) groups is 4. The van der Waals surface area contributed by atoms with Crippen LogP contribution in [0.4, 0.5) is 10.5 Å². The van der Waals surface area contributed by atoms with E-state index in [0.717, 1.165) is 11.1 Å². The molecule has 1 fully saturated rings. The Balaban J connectivity index is 1.45. The van der Waals surface area contributed by atoms with Gasteiger partial charge in [-0.15, -0.1) is 0 Å². The van der Waals surface area contributed by atoms with E-state index in [1.165, 1.54) is 11.1 Å². The second kappa shape index (κ2) is 11.2. The van der Waals surface area contributed by atoms with Gasteiger partial charge in [0.2, 0.25) is 0 Å².